The van der Waals surface area contributed by atoms with Crippen molar-refractivity contribution in [1.29, 1.82) is 0 Å². The zero-order valence-electron chi connectivity index (χ0n) is 21.9. The normalized spacial score (nSPS) is 16.5. The lowest BCUT2D eigenvalue weighted by Gasteiger charge is -2.41. The molecule has 196 valence electrons. The van der Waals surface area contributed by atoms with Gasteiger partial charge in [0, 0.05) is 29.9 Å². The van der Waals surface area contributed by atoms with Gasteiger partial charge >= 0.3 is 5.97 Å². The van der Waals surface area contributed by atoms with Crippen LogP contribution in [0.2, 0.25) is 0 Å². The van der Waals surface area contributed by atoms with Crippen LogP contribution in [-0.2, 0) is 9.53 Å². The van der Waals surface area contributed by atoms with Gasteiger partial charge in [-0.15, -0.1) is 0 Å². The molecule has 0 amide bonds. The quantitative estimate of drug-likeness (QED) is 0.482. The third kappa shape index (κ3) is 5.67. The first-order valence-electron chi connectivity index (χ1n) is 11.9. The SMILES string of the molecule is COc1c(F)cc(-c2c(C=O)nc(C)c(C(OC(C)(C)C)C(=O)O)c2N2CCC(C)(C)CC2)cc1F. The van der Waals surface area contributed by atoms with E-state index in [1.54, 1.807) is 27.7 Å². The first kappa shape index (κ1) is 27.5. The zero-order valence-corrected chi connectivity index (χ0v) is 21.9. The number of hydrogen-bond acceptors (Lipinski definition) is 6. The summed E-state index contributed by atoms with van der Waals surface area (Å²) >= 11 is 0. The number of halogens is 2. The summed E-state index contributed by atoms with van der Waals surface area (Å²) in [5, 5.41) is 10.2. The van der Waals surface area contributed by atoms with Crippen LogP contribution in [0, 0.1) is 24.0 Å². The fraction of sp³-hybridized carbons (Fsp3) is 0.519. The van der Waals surface area contributed by atoms with E-state index in [1.807, 2.05) is 4.90 Å². The van der Waals surface area contributed by atoms with Crippen molar-refractivity contribution in [2.24, 2.45) is 5.41 Å². The highest BCUT2D eigenvalue weighted by atomic mass is 19.1. The molecule has 1 unspecified atom stereocenters. The third-order valence-corrected chi connectivity index (χ3v) is 6.42. The van der Waals surface area contributed by atoms with Crippen molar-refractivity contribution in [3.05, 3.63) is 40.7 Å². The molecule has 1 atom stereocenters. The van der Waals surface area contributed by atoms with Crippen molar-refractivity contribution < 1.29 is 33.0 Å². The average Bonchev–Trinajstić information content (AvgIpc) is 2.76. The van der Waals surface area contributed by atoms with Crippen LogP contribution in [0.3, 0.4) is 0 Å². The van der Waals surface area contributed by atoms with Gasteiger partial charge in [0.2, 0.25) is 0 Å². The number of pyridine rings is 1. The standard InChI is InChI=1S/C27H34F2N2O5/c1-15-20(24(25(33)34)36-26(2,3)4)22(31-10-8-27(5,6)9-11-31)21(19(14-32)30-15)16-12-17(28)23(35-7)18(29)13-16/h12-14,24H,8-11H2,1-7H3,(H,33,34). The molecule has 0 spiro atoms. The molecule has 0 aliphatic carbocycles. The molecule has 1 aromatic carbocycles. The molecule has 0 saturated carbocycles. The first-order chi connectivity index (χ1) is 16.7. The van der Waals surface area contributed by atoms with Crippen LogP contribution < -0.4 is 9.64 Å². The lowest BCUT2D eigenvalue weighted by molar-refractivity contribution is -0.160. The maximum atomic E-state index is 14.8. The Hall–Kier alpha value is -3.07. The Morgan fingerprint density at radius 1 is 1.19 bits per heavy atom. The number of nitrogens with zero attached hydrogens (tertiary/aromatic N) is 2. The number of carboxylic acids is 1. The molecular formula is C27H34F2N2O5. The van der Waals surface area contributed by atoms with E-state index < -0.39 is 35.1 Å². The number of carbonyl (C=O) groups is 2. The van der Waals surface area contributed by atoms with Gasteiger partial charge in [-0.1, -0.05) is 13.8 Å². The van der Waals surface area contributed by atoms with E-state index in [2.05, 4.69) is 18.8 Å². The number of hydrogen-bond donors (Lipinski definition) is 1. The van der Waals surface area contributed by atoms with Crippen molar-refractivity contribution in [2.45, 2.75) is 66.1 Å². The van der Waals surface area contributed by atoms with Crippen molar-refractivity contribution in [2.75, 3.05) is 25.1 Å². The van der Waals surface area contributed by atoms with Gasteiger partial charge in [-0.05, 0) is 63.6 Å². The molecule has 0 radical (unpaired) electrons. The van der Waals surface area contributed by atoms with Crippen LogP contribution in [-0.4, -0.2) is 48.1 Å². The molecule has 1 aromatic heterocycles. The Morgan fingerprint density at radius 2 is 1.75 bits per heavy atom. The highest BCUT2D eigenvalue weighted by Gasteiger charge is 2.37. The Balaban J connectivity index is 2.41. The number of ether oxygens (including phenoxy) is 2. The molecule has 9 heteroatoms. The number of benzene rings is 1. The van der Waals surface area contributed by atoms with Gasteiger partial charge in [0.15, 0.2) is 29.8 Å². The molecule has 2 heterocycles. The number of rotatable bonds is 7. The van der Waals surface area contributed by atoms with Gasteiger partial charge in [0.1, 0.15) is 5.69 Å². The van der Waals surface area contributed by atoms with E-state index in [9.17, 15) is 23.5 Å². The molecule has 0 bridgehead atoms. The number of aryl methyl sites for hydroxylation is 1. The summed E-state index contributed by atoms with van der Waals surface area (Å²) in [4.78, 5) is 31.0. The number of piperidine rings is 1. The molecule has 1 saturated heterocycles. The summed E-state index contributed by atoms with van der Waals surface area (Å²) in [6, 6.07) is 2.14. The van der Waals surface area contributed by atoms with Gasteiger partial charge in [0.25, 0.3) is 0 Å². The van der Waals surface area contributed by atoms with Crippen LogP contribution in [0.25, 0.3) is 11.1 Å². The van der Waals surface area contributed by atoms with Gasteiger partial charge < -0.3 is 19.5 Å². The zero-order chi connectivity index (χ0) is 27.0. The Labute approximate surface area is 210 Å². The summed E-state index contributed by atoms with van der Waals surface area (Å²) in [6.07, 6.45) is 0.693. The van der Waals surface area contributed by atoms with Crippen molar-refractivity contribution in [1.82, 2.24) is 4.98 Å². The topological polar surface area (TPSA) is 89.0 Å². The molecule has 1 N–H and O–H groups in total. The fourth-order valence-electron chi connectivity index (χ4n) is 4.56. The minimum atomic E-state index is -1.42. The predicted octanol–water partition coefficient (Wildman–Crippen LogP) is 5.72. The number of aliphatic carboxylic acids is 1. The maximum absolute atomic E-state index is 14.8. The minimum absolute atomic E-state index is 0.0417. The Morgan fingerprint density at radius 3 is 2.19 bits per heavy atom. The van der Waals surface area contributed by atoms with Crippen molar-refractivity contribution in [3.8, 4) is 16.9 Å². The molecular weight excluding hydrogens is 470 g/mol. The molecule has 3 rings (SSSR count). The summed E-state index contributed by atoms with van der Waals surface area (Å²) in [5.41, 5.74) is 0.370. The van der Waals surface area contributed by atoms with Crippen LogP contribution in [0.1, 0.15) is 75.3 Å². The van der Waals surface area contributed by atoms with E-state index in [1.165, 1.54) is 0 Å². The van der Waals surface area contributed by atoms with Gasteiger partial charge in [-0.25, -0.2) is 18.6 Å². The minimum Gasteiger partial charge on any atom is -0.491 e. The number of carbonyl (C=O) groups excluding carboxylic acids is 1. The third-order valence-electron chi connectivity index (χ3n) is 6.42. The molecule has 1 fully saturated rings. The van der Waals surface area contributed by atoms with Crippen LogP contribution >= 0.6 is 0 Å². The number of aromatic nitrogens is 1. The van der Waals surface area contributed by atoms with Crippen LogP contribution in [0.15, 0.2) is 12.1 Å². The molecule has 1 aliphatic heterocycles. The highest BCUT2D eigenvalue weighted by Crippen LogP contribution is 2.45. The van der Waals surface area contributed by atoms with E-state index >= 15 is 0 Å². The molecule has 1 aliphatic rings. The smallest absolute Gasteiger partial charge is 0.337 e. The van der Waals surface area contributed by atoms with E-state index in [4.69, 9.17) is 9.47 Å². The number of anilines is 1. The predicted molar refractivity (Wildman–Crippen MR) is 133 cm³/mol. The largest absolute Gasteiger partial charge is 0.491 e. The van der Waals surface area contributed by atoms with E-state index in [0.717, 1.165) is 32.1 Å². The number of carboxylic acid groups (broad SMARTS) is 1. The average molecular weight is 505 g/mol. The summed E-state index contributed by atoms with van der Waals surface area (Å²) in [6.45, 7) is 12.2. The monoisotopic (exact) mass is 504 g/mol. The van der Waals surface area contributed by atoms with E-state index in [-0.39, 0.29) is 27.8 Å². The fourth-order valence-corrected chi connectivity index (χ4v) is 4.56. The molecule has 36 heavy (non-hydrogen) atoms. The van der Waals surface area contributed by atoms with Crippen molar-refractivity contribution >= 4 is 17.9 Å². The van der Waals surface area contributed by atoms with Gasteiger partial charge in [-0.2, -0.15) is 0 Å². The lowest BCUT2D eigenvalue weighted by Crippen LogP contribution is -2.39. The Bertz CT molecular complexity index is 1140. The summed E-state index contributed by atoms with van der Waals surface area (Å²) in [7, 11) is 1.16. The second kappa shape index (κ2) is 10.1. The Kier molecular flexibility index (Phi) is 7.74. The van der Waals surface area contributed by atoms with Crippen LogP contribution in [0.5, 0.6) is 5.75 Å². The summed E-state index contributed by atoms with van der Waals surface area (Å²) in [5.74, 6) is -3.67. The lowest BCUT2D eigenvalue weighted by atomic mass is 9.81. The van der Waals surface area contributed by atoms with Crippen LogP contribution in [0.4, 0.5) is 14.5 Å². The number of methoxy groups -OCH3 is 1. The van der Waals surface area contributed by atoms with E-state index in [0.29, 0.717) is 30.8 Å². The second-order valence-corrected chi connectivity index (χ2v) is 10.9. The first-order valence-corrected chi connectivity index (χ1v) is 11.9. The molecule has 7 nitrogen and oxygen atoms in total. The summed E-state index contributed by atoms with van der Waals surface area (Å²) < 4.78 is 40.4. The van der Waals surface area contributed by atoms with Gasteiger partial charge in [-0.3, -0.25) is 4.79 Å². The highest BCUT2D eigenvalue weighted by molar-refractivity contribution is 5.95. The van der Waals surface area contributed by atoms with Gasteiger partial charge in [0.05, 0.1) is 18.4 Å². The maximum Gasteiger partial charge on any atom is 0.337 e. The second-order valence-electron chi connectivity index (χ2n) is 10.9. The molecule has 2 aromatic rings. The number of aldehydes is 1. The van der Waals surface area contributed by atoms with Crippen molar-refractivity contribution in [3.63, 3.8) is 0 Å².